The maximum absolute atomic E-state index is 12.6. The van der Waals surface area contributed by atoms with Crippen molar-refractivity contribution in [2.24, 2.45) is 0 Å². The van der Waals surface area contributed by atoms with Crippen molar-refractivity contribution in [3.63, 3.8) is 0 Å². The third-order valence-electron chi connectivity index (χ3n) is 4.42. The maximum atomic E-state index is 12.6. The van der Waals surface area contributed by atoms with Crippen LogP contribution in [0.2, 0.25) is 0 Å². The summed E-state index contributed by atoms with van der Waals surface area (Å²) in [6.07, 6.45) is 7.18. The predicted octanol–water partition coefficient (Wildman–Crippen LogP) is 2.86. The molecule has 5 nitrogen and oxygen atoms in total. The Morgan fingerprint density at radius 2 is 1.62 bits per heavy atom. The minimum atomic E-state index is -3.52. The number of sulfonamides is 1. The SMILES string of the molecule is O=S(=O)(c1cccc(Br)c1)N1CCN(C([O-])=C2C=CC=C2)CC1.[Fe+2].c1cc[cH-]c1. The van der Waals surface area contributed by atoms with Gasteiger partial charge in [-0.2, -0.15) is 22.5 Å². The second-order valence-corrected chi connectivity index (χ2v) is 9.14. The number of halogens is 1. The van der Waals surface area contributed by atoms with Crippen molar-refractivity contribution < 1.29 is 30.6 Å². The van der Waals surface area contributed by atoms with E-state index in [-0.39, 0.29) is 27.8 Å². The molecular formula is C21H21BrFeN2O3S. The monoisotopic (exact) mass is 516 g/mol. The summed E-state index contributed by atoms with van der Waals surface area (Å²) in [6.45, 7) is 1.41. The van der Waals surface area contributed by atoms with Crippen LogP contribution in [0.25, 0.3) is 0 Å². The predicted molar refractivity (Wildman–Crippen MR) is 112 cm³/mol. The number of rotatable bonds is 3. The molecule has 0 atom stereocenters. The minimum Gasteiger partial charge on any atom is -0.860 e. The second kappa shape index (κ2) is 10.9. The van der Waals surface area contributed by atoms with Gasteiger partial charge in [-0.15, -0.1) is 0 Å². The minimum absolute atomic E-state index is 0. The van der Waals surface area contributed by atoms with E-state index in [9.17, 15) is 13.5 Å². The fraction of sp³-hybridized carbons (Fsp3) is 0.190. The van der Waals surface area contributed by atoms with Gasteiger partial charge in [0, 0.05) is 30.7 Å². The van der Waals surface area contributed by atoms with E-state index in [1.165, 1.54) is 4.31 Å². The van der Waals surface area contributed by atoms with Crippen LogP contribution in [0.3, 0.4) is 0 Å². The molecule has 1 fully saturated rings. The molecule has 0 radical (unpaired) electrons. The maximum Gasteiger partial charge on any atom is 2.00 e. The zero-order valence-corrected chi connectivity index (χ0v) is 19.1. The van der Waals surface area contributed by atoms with Gasteiger partial charge in [-0.1, -0.05) is 46.3 Å². The fourth-order valence-corrected chi connectivity index (χ4v) is 4.95. The van der Waals surface area contributed by atoms with E-state index in [1.807, 2.05) is 42.5 Å². The Morgan fingerprint density at radius 1 is 1.00 bits per heavy atom. The molecule has 0 bridgehead atoms. The van der Waals surface area contributed by atoms with E-state index < -0.39 is 10.0 Å². The molecule has 0 N–H and O–H groups in total. The zero-order valence-electron chi connectivity index (χ0n) is 15.6. The van der Waals surface area contributed by atoms with Crippen LogP contribution in [-0.2, 0) is 27.1 Å². The quantitative estimate of drug-likeness (QED) is 0.357. The third kappa shape index (κ3) is 6.14. The molecule has 0 spiro atoms. The summed E-state index contributed by atoms with van der Waals surface area (Å²) in [5.74, 6) is -0.0468. The molecule has 1 aliphatic heterocycles. The molecule has 2 aromatic rings. The molecule has 154 valence electrons. The van der Waals surface area contributed by atoms with E-state index in [1.54, 1.807) is 41.3 Å². The average Bonchev–Trinajstić information content (AvgIpc) is 3.44. The van der Waals surface area contributed by atoms with Crippen LogP contribution in [0.1, 0.15) is 0 Å². The molecule has 8 heteroatoms. The Hall–Kier alpha value is -1.70. The van der Waals surface area contributed by atoms with E-state index in [0.29, 0.717) is 31.8 Å². The third-order valence-corrected chi connectivity index (χ3v) is 6.81. The normalized spacial score (nSPS) is 16.2. The Balaban J connectivity index is 0.000000437. The van der Waals surface area contributed by atoms with E-state index >= 15 is 0 Å². The van der Waals surface area contributed by atoms with Gasteiger partial charge in [0.15, 0.2) is 0 Å². The number of benzene rings is 1. The van der Waals surface area contributed by atoms with Crippen molar-refractivity contribution in [2.75, 3.05) is 26.2 Å². The van der Waals surface area contributed by atoms with Crippen LogP contribution in [0, 0.1) is 0 Å². The molecule has 29 heavy (non-hydrogen) atoms. The van der Waals surface area contributed by atoms with Gasteiger partial charge in [0.25, 0.3) is 0 Å². The van der Waals surface area contributed by atoms with Crippen molar-refractivity contribution in [1.29, 1.82) is 0 Å². The molecule has 0 unspecified atom stereocenters. The number of hydrogen-bond acceptors (Lipinski definition) is 4. The van der Waals surface area contributed by atoms with Crippen LogP contribution >= 0.6 is 15.9 Å². The summed E-state index contributed by atoms with van der Waals surface area (Å²) in [5.41, 5.74) is 0.647. The molecule has 2 aliphatic rings. The fourth-order valence-electron chi connectivity index (χ4n) is 2.93. The number of allylic oxidation sites excluding steroid dienone is 5. The van der Waals surface area contributed by atoms with Gasteiger partial charge in [0.2, 0.25) is 10.0 Å². The molecule has 1 heterocycles. The molecule has 0 aromatic heterocycles. The van der Waals surface area contributed by atoms with Crippen molar-refractivity contribution in [3.8, 4) is 0 Å². The van der Waals surface area contributed by atoms with Crippen molar-refractivity contribution in [1.82, 2.24) is 9.21 Å². The van der Waals surface area contributed by atoms with Gasteiger partial charge in [-0.05, 0) is 29.7 Å². The number of hydrogen-bond donors (Lipinski definition) is 0. The smallest absolute Gasteiger partial charge is 0.860 e. The van der Waals surface area contributed by atoms with Crippen LogP contribution < -0.4 is 5.11 Å². The van der Waals surface area contributed by atoms with Gasteiger partial charge < -0.3 is 10.0 Å². The average molecular weight is 517 g/mol. The van der Waals surface area contributed by atoms with Gasteiger partial charge in [-0.3, -0.25) is 0 Å². The molecular weight excluding hydrogens is 496 g/mol. The molecule has 2 aromatic carbocycles. The van der Waals surface area contributed by atoms with E-state index in [2.05, 4.69) is 15.9 Å². The Labute approximate surface area is 191 Å². The first kappa shape index (κ1) is 23.6. The second-order valence-electron chi connectivity index (χ2n) is 6.29. The van der Waals surface area contributed by atoms with Gasteiger partial charge in [0.1, 0.15) is 0 Å². The van der Waals surface area contributed by atoms with Crippen molar-refractivity contribution >= 4 is 26.0 Å². The van der Waals surface area contributed by atoms with E-state index in [0.717, 1.165) is 4.47 Å². The summed E-state index contributed by atoms with van der Waals surface area (Å²) < 4.78 is 27.5. The summed E-state index contributed by atoms with van der Waals surface area (Å²) in [7, 11) is -3.52. The Bertz CT molecular complexity index is 946. The van der Waals surface area contributed by atoms with Crippen molar-refractivity contribution in [2.45, 2.75) is 4.90 Å². The zero-order chi connectivity index (χ0) is 20.0. The molecule has 4 rings (SSSR count). The summed E-state index contributed by atoms with van der Waals surface area (Å²) in [5, 5.41) is 12.3. The molecule has 0 saturated carbocycles. The van der Waals surface area contributed by atoms with Gasteiger partial charge >= 0.3 is 17.1 Å². The van der Waals surface area contributed by atoms with Gasteiger partial charge in [0.05, 0.1) is 4.90 Å². The number of nitrogens with zero attached hydrogens (tertiary/aromatic N) is 2. The first-order valence-electron chi connectivity index (χ1n) is 8.92. The first-order chi connectivity index (χ1) is 13.5. The molecule has 0 amide bonds. The topological polar surface area (TPSA) is 63.7 Å². The summed E-state index contributed by atoms with van der Waals surface area (Å²) in [6, 6.07) is 16.7. The molecule has 1 aliphatic carbocycles. The van der Waals surface area contributed by atoms with Crippen LogP contribution in [0.15, 0.2) is 99.7 Å². The summed E-state index contributed by atoms with van der Waals surface area (Å²) >= 11 is 3.29. The van der Waals surface area contributed by atoms with Crippen molar-refractivity contribution in [3.05, 3.63) is 94.8 Å². The summed E-state index contributed by atoms with van der Waals surface area (Å²) in [4.78, 5) is 1.96. The van der Waals surface area contributed by atoms with Crippen LogP contribution in [-0.4, -0.2) is 43.8 Å². The van der Waals surface area contributed by atoms with Crippen LogP contribution in [0.5, 0.6) is 0 Å². The first-order valence-corrected chi connectivity index (χ1v) is 11.2. The molecule has 1 saturated heterocycles. The Morgan fingerprint density at radius 3 is 2.14 bits per heavy atom. The van der Waals surface area contributed by atoms with Gasteiger partial charge in [-0.25, -0.2) is 20.6 Å². The standard InChI is InChI=1S/C16H17BrN2O3S.C5H5.Fe/c17-14-6-3-7-15(12-14)23(21,22)19-10-8-18(9-11-19)16(20)13-4-1-2-5-13;1-2-4-5-3-1;/h1-7,12,20H,8-11H2;1-5H;/q;-1;+2/p-1. The Kier molecular flexibility index (Phi) is 8.86. The van der Waals surface area contributed by atoms with E-state index in [4.69, 9.17) is 0 Å². The largest absolute Gasteiger partial charge is 2.00 e. The number of piperazine rings is 1. The van der Waals surface area contributed by atoms with Crippen LogP contribution in [0.4, 0.5) is 0 Å².